The molecule has 29 heavy (non-hydrogen) atoms. The lowest BCUT2D eigenvalue weighted by molar-refractivity contribution is -0.137. The van der Waals surface area contributed by atoms with Crippen LogP contribution in [0.15, 0.2) is 24.4 Å². The van der Waals surface area contributed by atoms with Crippen molar-refractivity contribution >= 4 is 23.4 Å². The van der Waals surface area contributed by atoms with Crippen LogP contribution >= 0.6 is 0 Å². The van der Waals surface area contributed by atoms with Gasteiger partial charge in [0.1, 0.15) is 11.4 Å². The lowest BCUT2D eigenvalue weighted by atomic mass is 10.1. The summed E-state index contributed by atoms with van der Waals surface area (Å²) in [6.45, 7) is 5.63. The van der Waals surface area contributed by atoms with Gasteiger partial charge in [-0.3, -0.25) is 0 Å². The molecule has 0 fully saturated rings. The first kappa shape index (κ1) is 22.4. The molecular formula is C20H25F3N4O2. The van der Waals surface area contributed by atoms with E-state index in [1.54, 1.807) is 25.1 Å². The fourth-order valence-corrected chi connectivity index (χ4v) is 2.84. The van der Waals surface area contributed by atoms with E-state index in [0.29, 0.717) is 23.2 Å². The molecule has 2 N–H and O–H groups in total. The monoisotopic (exact) mass is 410 g/mol. The average molecular weight is 410 g/mol. The maximum atomic E-state index is 13.4. The van der Waals surface area contributed by atoms with Crippen LogP contribution in [0.25, 0.3) is 0 Å². The molecule has 0 bridgehead atoms. The Bertz CT molecular complexity index is 856. The van der Waals surface area contributed by atoms with Crippen molar-refractivity contribution in [3.8, 4) is 0 Å². The molecule has 1 atom stereocenters. The predicted molar refractivity (Wildman–Crippen MR) is 105 cm³/mol. The van der Waals surface area contributed by atoms with Gasteiger partial charge in [-0.2, -0.15) is 18.2 Å². The van der Waals surface area contributed by atoms with Crippen molar-refractivity contribution in [1.82, 2.24) is 9.97 Å². The number of ether oxygens (including phenoxy) is 1. The van der Waals surface area contributed by atoms with Crippen molar-refractivity contribution in [2.24, 2.45) is 0 Å². The standard InChI is InChI=1S/C20H25F3N4O2/c1-5-7-13(6-2)25-17-16(20(21,22)23)11-24-19(27-17)26-14-9-8-12(3)15(10-14)18(28)29-4/h8-11,13H,5-7H2,1-4H3,(H2,24,25,26,27). The molecule has 1 aromatic heterocycles. The minimum absolute atomic E-state index is 0.00785. The molecule has 158 valence electrons. The quantitative estimate of drug-likeness (QED) is 0.573. The van der Waals surface area contributed by atoms with E-state index < -0.39 is 17.7 Å². The van der Waals surface area contributed by atoms with Crippen molar-refractivity contribution in [2.75, 3.05) is 17.7 Å². The zero-order valence-electron chi connectivity index (χ0n) is 16.9. The molecule has 0 spiro atoms. The fourth-order valence-electron chi connectivity index (χ4n) is 2.84. The van der Waals surface area contributed by atoms with Gasteiger partial charge < -0.3 is 15.4 Å². The molecule has 2 rings (SSSR count). The number of hydrogen-bond acceptors (Lipinski definition) is 6. The number of aryl methyl sites for hydroxylation is 1. The SMILES string of the molecule is CCCC(CC)Nc1nc(Nc2ccc(C)c(C(=O)OC)c2)ncc1C(F)(F)F. The van der Waals surface area contributed by atoms with Gasteiger partial charge in [-0.05, 0) is 37.5 Å². The van der Waals surface area contributed by atoms with E-state index in [4.69, 9.17) is 4.74 Å². The molecule has 0 saturated carbocycles. The van der Waals surface area contributed by atoms with E-state index in [0.717, 1.165) is 19.0 Å². The third kappa shape index (κ3) is 5.82. The summed E-state index contributed by atoms with van der Waals surface area (Å²) >= 11 is 0. The summed E-state index contributed by atoms with van der Waals surface area (Å²) in [6.07, 6.45) is -1.60. The van der Waals surface area contributed by atoms with E-state index in [-0.39, 0.29) is 17.8 Å². The van der Waals surface area contributed by atoms with E-state index in [2.05, 4.69) is 20.6 Å². The van der Waals surface area contributed by atoms with Gasteiger partial charge in [0.2, 0.25) is 5.95 Å². The first-order chi connectivity index (χ1) is 13.7. The Kier molecular flexibility index (Phi) is 7.41. The van der Waals surface area contributed by atoms with E-state index in [9.17, 15) is 18.0 Å². The number of nitrogens with zero attached hydrogens (tertiary/aromatic N) is 2. The van der Waals surface area contributed by atoms with Gasteiger partial charge in [0.25, 0.3) is 0 Å². The highest BCUT2D eigenvalue weighted by Gasteiger charge is 2.35. The Balaban J connectivity index is 2.37. The van der Waals surface area contributed by atoms with E-state index in [1.807, 2.05) is 13.8 Å². The maximum Gasteiger partial charge on any atom is 0.421 e. The Hall–Kier alpha value is -2.84. The summed E-state index contributed by atoms with van der Waals surface area (Å²) in [5, 5.41) is 5.75. The van der Waals surface area contributed by atoms with Crippen LogP contribution in [0.1, 0.15) is 54.6 Å². The molecule has 0 radical (unpaired) electrons. The topological polar surface area (TPSA) is 76.1 Å². The summed E-state index contributed by atoms with van der Waals surface area (Å²) in [5.41, 5.74) is 0.597. The van der Waals surface area contributed by atoms with Gasteiger partial charge in [-0.15, -0.1) is 0 Å². The van der Waals surface area contributed by atoms with Crippen LogP contribution in [-0.4, -0.2) is 29.1 Å². The molecule has 0 aliphatic carbocycles. The Labute approximate surface area is 167 Å². The lowest BCUT2D eigenvalue weighted by Gasteiger charge is -2.20. The zero-order valence-corrected chi connectivity index (χ0v) is 16.9. The summed E-state index contributed by atoms with van der Waals surface area (Å²) in [5.74, 6) is -0.783. The normalized spacial score (nSPS) is 12.4. The van der Waals surface area contributed by atoms with Gasteiger partial charge in [-0.1, -0.05) is 26.3 Å². The van der Waals surface area contributed by atoms with Gasteiger partial charge in [0.15, 0.2) is 0 Å². The van der Waals surface area contributed by atoms with Gasteiger partial charge in [0, 0.05) is 17.9 Å². The number of carbonyl (C=O) groups excluding carboxylic acids is 1. The van der Waals surface area contributed by atoms with Crippen LogP contribution in [0.3, 0.4) is 0 Å². The number of hydrogen-bond donors (Lipinski definition) is 2. The van der Waals surface area contributed by atoms with Crippen molar-refractivity contribution in [1.29, 1.82) is 0 Å². The second-order valence-corrected chi connectivity index (χ2v) is 6.64. The second kappa shape index (κ2) is 9.58. The van der Waals surface area contributed by atoms with Crippen LogP contribution in [0, 0.1) is 6.92 Å². The molecule has 9 heteroatoms. The number of alkyl halides is 3. The summed E-state index contributed by atoms with van der Waals surface area (Å²) < 4.78 is 44.9. The van der Waals surface area contributed by atoms with Crippen LogP contribution in [0.5, 0.6) is 0 Å². The van der Waals surface area contributed by atoms with Crippen LogP contribution in [-0.2, 0) is 10.9 Å². The smallest absolute Gasteiger partial charge is 0.421 e. The lowest BCUT2D eigenvalue weighted by Crippen LogP contribution is -2.22. The number of anilines is 3. The van der Waals surface area contributed by atoms with Gasteiger partial charge in [0.05, 0.1) is 12.7 Å². The number of nitrogens with one attached hydrogen (secondary N) is 2. The van der Waals surface area contributed by atoms with E-state index in [1.165, 1.54) is 7.11 Å². The van der Waals surface area contributed by atoms with Crippen LogP contribution in [0.4, 0.5) is 30.6 Å². The zero-order chi connectivity index (χ0) is 21.6. The fraction of sp³-hybridized carbons (Fsp3) is 0.450. The molecular weight excluding hydrogens is 385 g/mol. The molecule has 1 aromatic carbocycles. The summed E-state index contributed by atoms with van der Waals surface area (Å²) in [4.78, 5) is 19.7. The molecule has 6 nitrogen and oxygen atoms in total. The number of rotatable bonds is 8. The van der Waals surface area contributed by atoms with E-state index >= 15 is 0 Å². The van der Waals surface area contributed by atoms with Crippen LogP contribution < -0.4 is 10.6 Å². The minimum atomic E-state index is -4.58. The van der Waals surface area contributed by atoms with Crippen molar-refractivity contribution < 1.29 is 22.7 Å². The number of benzene rings is 1. The Morgan fingerprint density at radius 3 is 2.59 bits per heavy atom. The maximum absolute atomic E-state index is 13.4. The Morgan fingerprint density at radius 1 is 1.28 bits per heavy atom. The predicted octanol–water partition coefficient (Wildman–Crippen LogP) is 5.32. The molecule has 0 amide bonds. The molecule has 0 aliphatic rings. The van der Waals surface area contributed by atoms with Crippen LogP contribution in [0.2, 0.25) is 0 Å². The highest BCUT2D eigenvalue weighted by Crippen LogP contribution is 2.34. The first-order valence-corrected chi connectivity index (χ1v) is 9.36. The van der Waals surface area contributed by atoms with Gasteiger partial charge in [-0.25, -0.2) is 9.78 Å². The second-order valence-electron chi connectivity index (χ2n) is 6.64. The van der Waals surface area contributed by atoms with Crippen molar-refractivity contribution in [3.63, 3.8) is 0 Å². The van der Waals surface area contributed by atoms with Gasteiger partial charge >= 0.3 is 12.1 Å². The number of halogens is 3. The highest BCUT2D eigenvalue weighted by molar-refractivity contribution is 5.92. The molecule has 1 heterocycles. The van der Waals surface area contributed by atoms with Crippen molar-refractivity contribution in [3.05, 3.63) is 41.1 Å². The number of esters is 1. The first-order valence-electron chi connectivity index (χ1n) is 9.36. The third-order valence-corrected chi connectivity index (χ3v) is 4.46. The third-order valence-electron chi connectivity index (χ3n) is 4.46. The number of carbonyl (C=O) groups is 1. The summed E-state index contributed by atoms with van der Waals surface area (Å²) in [6, 6.07) is 4.80. The highest BCUT2D eigenvalue weighted by atomic mass is 19.4. The largest absolute Gasteiger partial charge is 0.465 e. The van der Waals surface area contributed by atoms with Crippen molar-refractivity contribution in [2.45, 2.75) is 52.3 Å². The average Bonchev–Trinajstić information content (AvgIpc) is 2.67. The summed E-state index contributed by atoms with van der Waals surface area (Å²) in [7, 11) is 1.28. The molecule has 2 aromatic rings. The number of methoxy groups -OCH3 is 1. The Morgan fingerprint density at radius 2 is 2.00 bits per heavy atom. The molecule has 1 unspecified atom stereocenters. The molecule has 0 saturated heterocycles. The molecule has 0 aliphatic heterocycles. The minimum Gasteiger partial charge on any atom is -0.465 e. The number of aromatic nitrogens is 2.